The molecule has 0 heterocycles. The average Bonchev–Trinajstić information content (AvgIpc) is 2.35. The van der Waals surface area contributed by atoms with Gasteiger partial charge in [0.05, 0.1) is 0 Å². The Labute approximate surface area is 108 Å². The zero-order valence-electron chi connectivity index (χ0n) is 10.9. The third-order valence-corrected chi connectivity index (χ3v) is 3.32. The maximum atomic E-state index is 11.5. The molecule has 1 aliphatic rings. The van der Waals surface area contributed by atoms with E-state index in [0.717, 1.165) is 25.7 Å². The van der Waals surface area contributed by atoms with Crippen LogP contribution >= 0.6 is 0 Å². The number of carboxylic acids is 1. The van der Waals surface area contributed by atoms with E-state index in [1.807, 2.05) is 7.05 Å². The second-order valence-electron chi connectivity index (χ2n) is 4.73. The van der Waals surface area contributed by atoms with Crippen LogP contribution < -0.4 is 16.0 Å². The molecule has 1 aliphatic carbocycles. The van der Waals surface area contributed by atoms with Crippen LogP contribution in [0.3, 0.4) is 0 Å². The first-order chi connectivity index (χ1) is 8.61. The van der Waals surface area contributed by atoms with Crippen molar-refractivity contribution >= 4 is 12.0 Å². The molecule has 6 heteroatoms. The van der Waals surface area contributed by atoms with E-state index in [-0.39, 0.29) is 18.5 Å². The molecule has 104 valence electrons. The molecule has 2 amide bonds. The molecule has 0 unspecified atom stereocenters. The second kappa shape index (κ2) is 7.92. The molecular weight excluding hydrogens is 234 g/mol. The minimum Gasteiger partial charge on any atom is -0.481 e. The second-order valence-corrected chi connectivity index (χ2v) is 4.73. The summed E-state index contributed by atoms with van der Waals surface area (Å²) >= 11 is 0. The fourth-order valence-electron chi connectivity index (χ4n) is 2.20. The fraction of sp³-hybridized carbons (Fsp3) is 0.833. The lowest BCUT2D eigenvalue weighted by Gasteiger charge is -2.28. The van der Waals surface area contributed by atoms with Crippen molar-refractivity contribution in [2.45, 2.75) is 50.6 Å². The molecular formula is C12H23N3O3. The Hall–Kier alpha value is -1.30. The van der Waals surface area contributed by atoms with Crippen molar-refractivity contribution in [3.63, 3.8) is 0 Å². The lowest BCUT2D eigenvalue weighted by molar-refractivity contribution is -0.137. The molecule has 0 saturated heterocycles. The quantitative estimate of drug-likeness (QED) is 0.527. The topological polar surface area (TPSA) is 90.5 Å². The van der Waals surface area contributed by atoms with Crippen molar-refractivity contribution < 1.29 is 14.7 Å². The van der Waals surface area contributed by atoms with E-state index in [1.165, 1.54) is 0 Å². The molecule has 0 aromatic heterocycles. The minimum atomic E-state index is -0.831. The number of amides is 2. The molecule has 1 saturated carbocycles. The zero-order chi connectivity index (χ0) is 13.4. The van der Waals surface area contributed by atoms with Gasteiger partial charge in [0.25, 0.3) is 0 Å². The van der Waals surface area contributed by atoms with Gasteiger partial charge in [-0.05, 0) is 39.2 Å². The van der Waals surface area contributed by atoms with Gasteiger partial charge in [0.2, 0.25) is 0 Å². The highest BCUT2D eigenvalue weighted by atomic mass is 16.4. The normalized spacial score (nSPS) is 23.4. The van der Waals surface area contributed by atoms with Gasteiger partial charge in [0.1, 0.15) is 0 Å². The Bertz CT molecular complexity index is 276. The number of hydrogen-bond donors (Lipinski definition) is 4. The number of carboxylic acid groups (broad SMARTS) is 1. The Balaban J connectivity index is 2.08. The summed E-state index contributed by atoms with van der Waals surface area (Å²) in [4.78, 5) is 21.8. The van der Waals surface area contributed by atoms with Crippen molar-refractivity contribution in [1.82, 2.24) is 16.0 Å². The molecule has 0 bridgehead atoms. The Morgan fingerprint density at radius 1 is 1.17 bits per heavy atom. The van der Waals surface area contributed by atoms with Crippen molar-refractivity contribution in [3.05, 3.63) is 0 Å². The van der Waals surface area contributed by atoms with Crippen molar-refractivity contribution in [1.29, 1.82) is 0 Å². The lowest BCUT2D eigenvalue weighted by atomic mass is 9.91. The van der Waals surface area contributed by atoms with E-state index in [1.54, 1.807) is 0 Å². The first kappa shape index (κ1) is 14.8. The summed E-state index contributed by atoms with van der Waals surface area (Å²) in [6.45, 7) is 0.407. The Kier molecular flexibility index (Phi) is 6.49. The van der Waals surface area contributed by atoms with Crippen LogP contribution in [0.25, 0.3) is 0 Å². The molecule has 6 nitrogen and oxygen atoms in total. The summed E-state index contributed by atoms with van der Waals surface area (Å²) in [5.41, 5.74) is 0. The molecule has 1 rings (SSSR count). The summed E-state index contributed by atoms with van der Waals surface area (Å²) in [5.74, 6) is -0.831. The predicted molar refractivity (Wildman–Crippen MR) is 68.5 cm³/mol. The van der Waals surface area contributed by atoms with Crippen molar-refractivity contribution in [2.24, 2.45) is 0 Å². The maximum Gasteiger partial charge on any atom is 0.315 e. The summed E-state index contributed by atoms with van der Waals surface area (Å²) < 4.78 is 0. The van der Waals surface area contributed by atoms with E-state index >= 15 is 0 Å². The van der Waals surface area contributed by atoms with Crippen LogP contribution in [-0.2, 0) is 4.79 Å². The predicted octanol–water partition coefficient (Wildman–Crippen LogP) is 0.681. The lowest BCUT2D eigenvalue weighted by Crippen LogP contribution is -2.45. The van der Waals surface area contributed by atoms with E-state index in [0.29, 0.717) is 19.0 Å². The number of nitrogens with one attached hydrogen (secondary N) is 3. The van der Waals surface area contributed by atoms with Crippen LogP contribution in [0.2, 0.25) is 0 Å². The smallest absolute Gasteiger partial charge is 0.315 e. The molecule has 1 fully saturated rings. The summed E-state index contributed by atoms with van der Waals surface area (Å²) in [5, 5.41) is 17.3. The SMILES string of the molecule is CNC1CCC(NC(=O)NCCCC(=O)O)CC1. The first-order valence-corrected chi connectivity index (χ1v) is 6.55. The summed E-state index contributed by atoms with van der Waals surface area (Å²) in [6, 6.07) is 0.629. The average molecular weight is 257 g/mol. The standard InChI is InChI=1S/C12H23N3O3/c1-13-9-4-6-10(7-5-9)15-12(18)14-8-2-3-11(16)17/h9-10,13H,2-8H2,1H3,(H,16,17)(H2,14,15,18). The highest BCUT2D eigenvalue weighted by Crippen LogP contribution is 2.17. The van der Waals surface area contributed by atoms with Crippen LogP contribution in [0.15, 0.2) is 0 Å². The zero-order valence-corrected chi connectivity index (χ0v) is 10.9. The van der Waals surface area contributed by atoms with Gasteiger partial charge in [-0.2, -0.15) is 0 Å². The van der Waals surface area contributed by atoms with E-state index in [4.69, 9.17) is 5.11 Å². The Morgan fingerprint density at radius 3 is 2.33 bits per heavy atom. The molecule has 4 N–H and O–H groups in total. The molecule has 18 heavy (non-hydrogen) atoms. The van der Waals surface area contributed by atoms with Crippen molar-refractivity contribution in [3.8, 4) is 0 Å². The summed E-state index contributed by atoms with van der Waals surface area (Å²) in [6.07, 6.45) is 4.71. The van der Waals surface area contributed by atoms with Crippen LogP contribution in [0, 0.1) is 0 Å². The van der Waals surface area contributed by atoms with Gasteiger partial charge in [0.15, 0.2) is 0 Å². The number of carbonyl (C=O) groups excluding carboxylic acids is 1. The first-order valence-electron chi connectivity index (χ1n) is 6.55. The van der Waals surface area contributed by atoms with Gasteiger partial charge in [-0.3, -0.25) is 4.79 Å². The van der Waals surface area contributed by atoms with Gasteiger partial charge < -0.3 is 21.1 Å². The largest absolute Gasteiger partial charge is 0.481 e. The highest BCUT2D eigenvalue weighted by Gasteiger charge is 2.20. The van der Waals surface area contributed by atoms with Crippen molar-refractivity contribution in [2.75, 3.05) is 13.6 Å². The van der Waals surface area contributed by atoms with Gasteiger partial charge >= 0.3 is 12.0 Å². The monoisotopic (exact) mass is 257 g/mol. The molecule has 0 radical (unpaired) electrons. The fourth-order valence-corrected chi connectivity index (χ4v) is 2.20. The maximum absolute atomic E-state index is 11.5. The third kappa shape index (κ3) is 5.86. The molecule has 0 aliphatic heterocycles. The summed E-state index contributed by atoms with van der Waals surface area (Å²) in [7, 11) is 1.97. The van der Waals surface area contributed by atoms with Crippen LogP contribution in [-0.4, -0.2) is 42.8 Å². The van der Waals surface area contributed by atoms with Gasteiger partial charge in [-0.15, -0.1) is 0 Å². The number of rotatable bonds is 6. The number of hydrogen-bond acceptors (Lipinski definition) is 3. The third-order valence-electron chi connectivity index (χ3n) is 3.32. The Morgan fingerprint density at radius 2 is 1.78 bits per heavy atom. The molecule has 0 atom stereocenters. The number of carbonyl (C=O) groups is 2. The number of urea groups is 1. The van der Waals surface area contributed by atoms with E-state index in [9.17, 15) is 9.59 Å². The van der Waals surface area contributed by atoms with Crippen LogP contribution in [0.5, 0.6) is 0 Å². The van der Waals surface area contributed by atoms with Gasteiger partial charge in [0, 0.05) is 25.0 Å². The van der Waals surface area contributed by atoms with Gasteiger partial charge in [-0.1, -0.05) is 0 Å². The minimum absolute atomic E-state index is 0.0908. The highest BCUT2D eigenvalue weighted by molar-refractivity contribution is 5.74. The molecule has 0 spiro atoms. The van der Waals surface area contributed by atoms with Crippen LogP contribution in [0.4, 0.5) is 4.79 Å². The molecule has 0 aromatic carbocycles. The van der Waals surface area contributed by atoms with Crippen LogP contribution in [0.1, 0.15) is 38.5 Å². The molecule has 0 aromatic rings. The number of aliphatic carboxylic acids is 1. The van der Waals surface area contributed by atoms with Gasteiger partial charge in [-0.25, -0.2) is 4.79 Å². The van der Waals surface area contributed by atoms with E-state index in [2.05, 4.69) is 16.0 Å². The van der Waals surface area contributed by atoms with E-state index < -0.39 is 5.97 Å².